The van der Waals surface area contributed by atoms with Crippen LogP contribution in [0.1, 0.15) is 18.4 Å². The lowest BCUT2D eigenvalue weighted by molar-refractivity contribution is 0.795. The third-order valence-corrected chi connectivity index (χ3v) is 4.84. The molecule has 0 nitrogen and oxygen atoms in total. The van der Waals surface area contributed by atoms with Crippen molar-refractivity contribution in [3.63, 3.8) is 0 Å². The van der Waals surface area contributed by atoms with Crippen LogP contribution in [0, 0.1) is 0 Å². The highest BCUT2D eigenvalue weighted by Gasteiger charge is 2.11. The molecule has 0 fully saturated rings. The predicted octanol–water partition coefficient (Wildman–Crippen LogP) is 3.44. The molecule has 1 heteroatoms. The highest BCUT2D eigenvalue weighted by atomic mass is 28.2. The van der Waals surface area contributed by atoms with E-state index in [-0.39, 0.29) is 0 Å². The molecule has 3 rings (SSSR count). The molecule has 0 aliphatic carbocycles. The average Bonchev–Trinajstić information content (AvgIpc) is 2.47. The molecule has 1 aliphatic rings. The summed E-state index contributed by atoms with van der Waals surface area (Å²) in [4.78, 5) is 0. The van der Waals surface area contributed by atoms with Gasteiger partial charge in [0.2, 0.25) is 0 Å². The number of benzene rings is 2. The molecule has 0 spiro atoms. The normalized spacial score (nSPS) is 15.1. The molecule has 84 valence electrons. The SMILES string of the molecule is c1ccc2c(c1)CCCC[Si]c1ccccc1-2. The van der Waals surface area contributed by atoms with E-state index in [1.807, 2.05) is 0 Å². The number of fused-ring (bicyclic) bond motifs is 3. The van der Waals surface area contributed by atoms with Crippen LogP contribution in [0.4, 0.5) is 0 Å². The van der Waals surface area contributed by atoms with Gasteiger partial charge in [-0.1, -0.05) is 66.2 Å². The first-order valence-electron chi connectivity index (χ1n) is 6.36. The van der Waals surface area contributed by atoms with Crippen molar-refractivity contribution in [1.29, 1.82) is 0 Å². The van der Waals surface area contributed by atoms with E-state index >= 15 is 0 Å². The molecular formula is C16H16Si. The monoisotopic (exact) mass is 236 g/mol. The maximum atomic E-state index is 2.30. The molecule has 1 aliphatic heterocycles. The highest BCUT2D eigenvalue weighted by Crippen LogP contribution is 2.25. The van der Waals surface area contributed by atoms with E-state index in [1.54, 1.807) is 5.19 Å². The molecule has 0 unspecified atom stereocenters. The molecule has 2 radical (unpaired) electrons. The van der Waals surface area contributed by atoms with E-state index in [1.165, 1.54) is 42.0 Å². The Bertz CT molecular complexity index is 469. The summed E-state index contributed by atoms with van der Waals surface area (Å²) in [6.07, 6.45) is 3.92. The van der Waals surface area contributed by atoms with E-state index in [4.69, 9.17) is 0 Å². The Morgan fingerprint density at radius 3 is 2.47 bits per heavy atom. The van der Waals surface area contributed by atoms with Gasteiger partial charge >= 0.3 is 0 Å². The summed E-state index contributed by atoms with van der Waals surface area (Å²) in [6, 6.07) is 19.2. The number of hydrogen-bond donors (Lipinski definition) is 0. The fourth-order valence-corrected chi connectivity index (χ4v) is 3.86. The Labute approximate surface area is 106 Å². The van der Waals surface area contributed by atoms with Crippen molar-refractivity contribution < 1.29 is 0 Å². The zero-order valence-corrected chi connectivity index (χ0v) is 10.9. The van der Waals surface area contributed by atoms with Gasteiger partial charge in [0.05, 0.1) is 9.52 Å². The van der Waals surface area contributed by atoms with Crippen molar-refractivity contribution in [2.75, 3.05) is 0 Å². The summed E-state index contributed by atoms with van der Waals surface area (Å²) in [5.74, 6) is 0. The van der Waals surface area contributed by atoms with Crippen LogP contribution in [0.5, 0.6) is 0 Å². The summed E-state index contributed by atoms with van der Waals surface area (Å²) in [7, 11) is 0.969. The topological polar surface area (TPSA) is 0 Å². The lowest BCUT2D eigenvalue weighted by Gasteiger charge is -2.11. The molecule has 0 amide bonds. The van der Waals surface area contributed by atoms with Gasteiger partial charge in [-0.25, -0.2) is 0 Å². The molecule has 2 aromatic rings. The summed E-state index contributed by atoms with van der Waals surface area (Å²) >= 11 is 0. The molecule has 0 saturated heterocycles. The van der Waals surface area contributed by atoms with Crippen molar-refractivity contribution in [2.45, 2.75) is 25.3 Å². The van der Waals surface area contributed by atoms with Crippen LogP contribution in [0.3, 0.4) is 0 Å². The summed E-state index contributed by atoms with van der Waals surface area (Å²) in [5.41, 5.74) is 4.44. The second kappa shape index (κ2) is 4.88. The summed E-state index contributed by atoms with van der Waals surface area (Å²) in [5, 5.41) is 1.54. The molecule has 0 atom stereocenters. The number of rotatable bonds is 0. The van der Waals surface area contributed by atoms with Crippen LogP contribution < -0.4 is 5.19 Å². The van der Waals surface area contributed by atoms with Crippen molar-refractivity contribution in [3.05, 3.63) is 54.1 Å². The van der Waals surface area contributed by atoms with Gasteiger partial charge < -0.3 is 0 Å². The van der Waals surface area contributed by atoms with Crippen LogP contribution in [0.15, 0.2) is 48.5 Å². The highest BCUT2D eigenvalue weighted by molar-refractivity contribution is 6.55. The second-order valence-electron chi connectivity index (χ2n) is 4.59. The minimum atomic E-state index is 0.969. The van der Waals surface area contributed by atoms with Crippen LogP contribution in [0.2, 0.25) is 6.04 Å². The second-order valence-corrected chi connectivity index (χ2v) is 5.98. The van der Waals surface area contributed by atoms with Crippen LogP contribution in [-0.4, -0.2) is 9.52 Å². The van der Waals surface area contributed by atoms with Gasteiger partial charge in [-0.3, -0.25) is 0 Å². The maximum Gasteiger partial charge on any atom is 0.0816 e. The quantitative estimate of drug-likeness (QED) is 0.615. The lowest BCUT2D eigenvalue weighted by atomic mass is 9.96. The standard InChI is InChI=1S/C16H16Si/c1-2-9-14-13(7-1)8-5-6-12-17-16-11-4-3-10-15(14)16/h1-4,7,9-11H,5-6,8,12H2. The molecule has 0 saturated carbocycles. The van der Waals surface area contributed by atoms with E-state index < -0.39 is 0 Å². The van der Waals surface area contributed by atoms with Crippen LogP contribution in [0.25, 0.3) is 11.1 Å². The van der Waals surface area contributed by atoms with E-state index in [0.717, 1.165) is 9.52 Å². The first kappa shape index (κ1) is 10.8. The van der Waals surface area contributed by atoms with Crippen LogP contribution >= 0.6 is 0 Å². The third-order valence-electron chi connectivity index (χ3n) is 3.42. The lowest BCUT2D eigenvalue weighted by Crippen LogP contribution is -2.16. The predicted molar refractivity (Wildman–Crippen MR) is 75.0 cm³/mol. The molecule has 0 bridgehead atoms. The molecular weight excluding hydrogens is 220 g/mol. The van der Waals surface area contributed by atoms with Crippen LogP contribution in [-0.2, 0) is 6.42 Å². The van der Waals surface area contributed by atoms with Gasteiger partial charge in [0, 0.05) is 0 Å². The van der Waals surface area contributed by atoms with E-state index in [2.05, 4.69) is 48.5 Å². The fourth-order valence-electron chi connectivity index (χ4n) is 2.54. The summed E-state index contributed by atoms with van der Waals surface area (Å²) in [6.45, 7) is 0. The Balaban J connectivity index is 2.18. The minimum absolute atomic E-state index is 0.969. The number of hydrogen-bond acceptors (Lipinski definition) is 0. The molecule has 0 aromatic heterocycles. The van der Waals surface area contributed by atoms with E-state index in [9.17, 15) is 0 Å². The zero-order chi connectivity index (χ0) is 11.5. The Morgan fingerprint density at radius 2 is 1.53 bits per heavy atom. The van der Waals surface area contributed by atoms with Gasteiger partial charge in [-0.2, -0.15) is 0 Å². The van der Waals surface area contributed by atoms with Gasteiger partial charge in [-0.05, 0) is 29.5 Å². The van der Waals surface area contributed by atoms with Crippen molar-refractivity contribution in [3.8, 4) is 11.1 Å². The number of aryl methyl sites for hydroxylation is 1. The van der Waals surface area contributed by atoms with Gasteiger partial charge in [-0.15, -0.1) is 0 Å². The third kappa shape index (κ3) is 2.20. The van der Waals surface area contributed by atoms with Gasteiger partial charge in [0.15, 0.2) is 0 Å². The first-order valence-corrected chi connectivity index (χ1v) is 7.57. The minimum Gasteiger partial charge on any atom is -0.0629 e. The zero-order valence-electron chi connectivity index (χ0n) is 9.95. The van der Waals surface area contributed by atoms with E-state index in [0.29, 0.717) is 0 Å². The fraction of sp³-hybridized carbons (Fsp3) is 0.250. The van der Waals surface area contributed by atoms with Gasteiger partial charge in [0.25, 0.3) is 0 Å². The smallest absolute Gasteiger partial charge is 0.0629 e. The molecule has 0 N–H and O–H groups in total. The van der Waals surface area contributed by atoms with Crippen molar-refractivity contribution in [2.24, 2.45) is 0 Å². The molecule has 2 aromatic carbocycles. The molecule has 17 heavy (non-hydrogen) atoms. The largest absolute Gasteiger partial charge is 0.0816 e. The van der Waals surface area contributed by atoms with Crippen molar-refractivity contribution in [1.82, 2.24) is 0 Å². The summed E-state index contributed by atoms with van der Waals surface area (Å²) < 4.78 is 0. The van der Waals surface area contributed by atoms with Crippen molar-refractivity contribution >= 4 is 14.7 Å². The maximum absolute atomic E-state index is 2.30. The van der Waals surface area contributed by atoms with Gasteiger partial charge in [0.1, 0.15) is 0 Å². The average molecular weight is 236 g/mol. The first-order chi connectivity index (χ1) is 8.45. The Morgan fingerprint density at radius 1 is 0.765 bits per heavy atom. The Kier molecular flexibility index (Phi) is 3.10. The Hall–Kier alpha value is -1.34. The molecule has 1 heterocycles.